The second-order valence-corrected chi connectivity index (χ2v) is 8.30. The Kier molecular flexibility index (Phi) is 8.32. The molecule has 3 amide bonds. The number of carbonyl (C=O) groups excluding carboxylic acids is 3. The van der Waals surface area contributed by atoms with Crippen molar-refractivity contribution in [1.82, 2.24) is 16.1 Å². The Hall–Kier alpha value is -5.34. The number of nitro groups is 1. The standard InChI is InChI=1S/C25H25N5O10/c1-4-37-24(32)22-13(2)27-25(33)28-23(22)14-5-6-17(18(7-14)36-3)38-11-21(31)29-26-10-15-8-19-20(40-12-39-19)9-16(15)30(34)35/h5-10,23H,4,11-12H2,1-3H3,(H,29,31)(H2,27,28,33)/b26-10-/t23-/m0/s1. The summed E-state index contributed by atoms with van der Waals surface area (Å²) in [5, 5.41) is 20.4. The zero-order valence-corrected chi connectivity index (χ0v) is 21.6. The average molecular weight is 556 g/mol. The van der Waals surface area contributed by atoms with E-state index in [2.05, 4.69) is 21.2 Å². The van der Waals surface area contributed by atoms with E-state index in [1.165, 1.54) is 25.3 Å². The molecule has 210 valence electrons. The van der Waals surface area contributed by atoms with E-state index in [1.807, 2.05) is 0 Å². The van der Waals surface area contributed by atoms with E-state index in [0.29, 0.717) is 17.0 Å². The number of methoxy groups -OCH3 is 1. The van der Waals surface area contributed by atoms with Gasteiger partial charge in [-0.2, -0.15) is 5.10 Å². The van der Waals surface area contributed by atoms with Crippen molar-refractivity contribution in [3.05, 3.63) is 62.8 Å². The predicted molar refractivity (Wildman–Crippen MR) is 137 cm³/mol. The van der Waals surface area contributed by atoms with Crippen LogP contribution < -0.4 is 35.0 Å². The fraction of sp³-hybridized carbons (Fsp3) is 0.280. The van der Waals surface area contributed by atoms with Crippen molar-refractivity contribution in [2.24, 2.45) is 5.10 Å². The molecule has 2 heterocycles. The van der Waals surface area contributed by atoms with Gasteiger partial charge in [0, 0.05) is 5.70 Å². The Labute approximate surface area is 227 Å². The van der Waals surface area contributed by atoms with Crippen LogP contribution in [-0.4, -0.2) is 56.2 Å². The molecule has 15 nitrogen and oxygen atoms in total. The number of urea groups is 1. The van der Waals surface area contributed by atoms with Gasteiger partial charge in [0.1, 0.15) is 0 Å². The fourth-order valence-electron chi connectivity index (χ4n) is 3.96. The monoisotopic (exact) mass is 555 g/mol. The number of nitrogens with zero attached hydrogens (tertiary/aromatic N) is 2. The van der Waals surface area contributed by atoms with Gasteiger partial charge in [-0.3, -0.25) is 14.9 Å². The second-order valence-electron chi connectivity index (χ2n) is 8.30. The Bertz CT molecular complexity index is 1420. The largest absolute Gasteiger partial charge is 0.493 e. The third-order valence-electron chi connectivity index (χ3n) is 5.76. The number of benzene rings is 2. The molecule has 3 N–H and O–H groups in total. The molecule has 0 fully saturated rings. The van der Waals surface area contributed by atoms with Crippen LogP contribution in [-0.2, 0) is 14.3 Å². The van der Waals surface area contributed by atoms with Gasteiger partial charge < -0.3 is 34.3 Å². The van der Waals surface area contributed by atoms with Crippen LogP contribution in [0, 0.1) is 10.1 Å². The summed E-state index contributed by atoms with van der Waals surface area (Å²) in [6.07, 6.45) is 1.11. The number of amides is 3. The highest BCUT2D eigenvalue weighted by Gasteiger charge is 2.32. The summed E-state index contributed by atoms with van der Waals surface area (Å²) in [6, 6.07) is 5.99. The van der Waals surface area contributed by atoms with Gasteiger partial charge in [0.15, 0.2) is 29.6 Å². The molecule has 0 unspecified atom stereocenters. The summed E-state index contributed by atoms with van der Waals surface area (Å²) in [6.45, 7) is 2.91. The van der Waals surface area contributed by atoms with Crippen LogP contribution in [0.3, 0.4) is 0 Å². The molecule has 40 heavy (non-hydrogen) atoms. The summed E-state index contributed by atoms with van der Waals surface area (Å²) >= 11 is 0. The Morgan fingerprint density at radius 1 is 1.23 bits per heavy atom. The number of rotatable bonds is 10. The molecule has 2 aromatic rings. The lowest BCUT2D eigenvalue weighted by Crippen LogP contribution is -2.45. The van der Waals surface area contributed by atoms with Crippen molar-refractivity contribution in [1.29, 1.82) is 0 Å². The molecule has 4 rings (SSSR count). The Morgan fingerprint density at radius 3 is 2.67 bits per heavy atom. The van der Waals surface area contributed by atoms with Crippen molar-refractivity contribution in [3.63, 3.8) is 0 Å². The fourth-order valence-corrected chi connectivity index (χ4v) is 3.96. The molecule has 0 bridgehead atoms. The van der Waals surface area contributed by atoms with Crippen LogP contribution in [0.15, 0.2) is 46.7 Å². The van der Waals surface area contributed by atoms with Crippen LogP contribution >= 0.6 is 0 Å². The zero-order valence-electron chi connectivity index (χ0n) is 21.6. The number of fused-ring (bicyclic) bond motifs is 1. The van der Waals surface area contributed by atoms with Gasteiger partial charge in [0.05, 0.1) is 48.1 Å². The molecule has 0 radical (unpaired) electrons. The topological polar surface area (TPSA) is 189 Å². The molecule has 0 aliphatic carbocycles. The summed E-state index contributed by atoms with van der Waals surface area (Å²) in [7, 11) is 1.39. The van der Waals surface area contributed by atoms with E-state index in [0.717, 1.165) is 6.21 Å². The highest BCUT2D eigenvalue weighted by molar-refractivity contribution is 5.95. The molecule has 0 saturated heterocycles. The zero-order chi connectivity index (χ0) is 28.8. The third kappa shape index (κ3) is 6.03. The Morgan fingerprint density at radius 2 is 1.98 bits per heavy atom. The number of hydrazone groups is 1. The number of nitrogens with one attached hydrogen (secondary N) is 3. The molecular weight excluding hydrogens is 530 g/mol. The molecule has 2 aromatic carbocycles. The number of nitro benzene ring substituents is 1. The quantitative estimate of drug-likeness (QED) is 0.169. The predicted octanol–water partition coefficient (Wildman–Crippen LogP) is 2.05. The number of ether oxygens (including phenoxy) is 5. The minimum absolute atomic E-state index is 0.0546. The minimum atomic E-state index is -0.811. The SMILES string of the molecule is CCOC(=O)C1=C(C)NC(=O)N[C@H]1c1ccc(OCC(=O)N/N=C\c2cc3c(cc2[N+](=O)[O-])OCO3)c(OC)c1. The van der Waals surface area contributed by atoms with E-state index in [9.17, 15) is 24.5 Å². The molecule has 0 spiro atoms. The normalized spacial score (nSPS) is 15.8. The highest BCUT2D eigenvalue weighted by Crippen LogP contribution is 2.37. The molecule has 15 heteroatoms. The second kappa shape index (κ2) is 12.0. The molecule has 2 aliphatic heterocycles. The van der Waals surface area contributed by atoms with Crippen molar-refractivity contribution in [3.8, 4) is 23.0 Å². The first-order valence-electron chi connectivity index (χ1n) is 11.9. The van der Waals surface area contributed by atoms with Crippen LogP contribution in [0.4, 0.5) is 10.5 Å². The first-order valence-corrected chi connectivity index (χ1v) is 11.9. The van der Waals surface area contributed by atoms with Crippen LogP contribution in [0.1, 0.15) is 31.0 Å². The maximum atomic E-state index is 12.5. The maximum absolute atomic E-state index is 12.5. The molecule has 1 atom stereocenters. The van der Waals surface area contributed by atoms with Crippen molar-refractivity contribution in [2.75, 3.05) is 27.1 Å². The summed E-state index contributed by atoms with van der Waals surface area (Å²) in [4.78, 5) is 47.7. The number of esters is 1. The van der Waals surface area contributed by atoms with Gasteiger partial charge in [-0.25, -0.2) is 15.0 Å². The van der Waals surface area contributed by atoms with E-state index in [4.69, 9.17) is 23.7 Å². The van der Waals surface area contributed by atoms with Crippen molar-refractivity contribution in [2.45, 2.75) is 19.9 Å². The summed E-state index contributed by atoms with van der Waals surface area (Å²) in [5.41, 5.74) is 3.17. The summed E-state index contributed by atoms with van der Waals surface area (Å²) in [5.74, 6) is -0.234. The molecule has 2 aliphatic rings. The van der Waals surface area contributed by atoms with E-state index >= 15 is 0 Å². The molecule has 0 aromatic heterocycles. The van der Waals surface area contributed by atoms with Crippen molar-refractivity contribution >= 4 is 29.8 Å². The lowest BCUT2D eigenvalue weighted by atomic mass is 9.95. The Balaban J connectivity index is 1.43. The van der Waals surface area contributed by atoms with Gasteiger partial charge in [0.25, 0.3) is 11.6 Å². The average Bonchev–Trinajstić information content (AvgIpc) is 3.38. The van der Waals surface area contributed by atoms with E-state index in [1.54, 1.807) is 26.0 Å². The highest BCUT2D eigenvalue weighted by atomic mass is 16.7. The number of hydrogen-bond acceptors (Lipinski definition) is 11. The third-order valence-corrected chi connectivity index (χ3v) is 5.76. The summed E-state index contributed by atoms with van der Waals surface area (Å²) < 4.78 is 26.4. The van der Waals surface area contributed by atoms with Crippen LogP contribution in [0.25, 0.3) is 0 Å². The minimum Gasteiger partial charge on any atom is -0.493 e. The van der Waals surface area contributed by atoms with E-state index in [-0.39, 0.29) is 47.5 Å². The first kappa shape index (κ1) is 27.7. The van der Waals surface area contributed by atoms with Crippen LogP contribution in [0.5, 0.6) is 23.0 Å². The maximum Gasteiger partial charge on any atom is 0.338 e. The molecule has 0 saturated carbocycles. The lowest BCUT2D eigenvalue weighted by Gasteiger charge is -2.28. The van der Waals surface area contributed by atoms with Gasteiger partial charge in [-0.15, -0.1) is 0 Å². The van der Waals surface area contributed by atoms with E-state index < -0.39 is 35.5 Å². The van der Waals surface area contributed by atoms with Crippen molar-refractivity contribution < 1.29 is 43.0 Å². The number of allylic oxidation sites excluding steroid dienone is 1. The lowest BCUT2D eigenvalue weighted by molar-refractivity contribution is -0.385. The van der Waals surface area contributed by atoms with Gasteiger partial charge >= 0.3 is 12.0 Å². The number of carbonyl (C=O) groups is 3. The van der Waals surface area contributed by atoms with Gasteiger partial charge in [0.2, 0.25) is 6.79 Å². The van der Waals surface area contributed by atoms with Gasteiger partial charge in [-0.1, -0.05) is 6.07 Å². The molecular formula is C25H25N5O10. The van der Waals surface area contributed by atoms with Crippen LogP contribution in [0.2, 0.25) is 0 Å². The first-order chi connectivity index (χ1) is 19.2. The smallest absolute Gasteiger partial charge is 0.338 e. The van der Waals surface area contributed by atoms with Gasteiger partial charge in [-0.05, 0) is 37.6 Å². The number of hydrogen-bond donors (Lipinski definition) is 3.